The van der Waals surface area contributed by atoms with Crippen molar-refractivity contribution in [3.63, 3.8) is 0 Å². The van der Waals surface area contributed by atoms with E-state index in [2.05, 4.69) is 16.5 Å². The van der Waals surface area contributed by atoms with Crippen LogP contribution in [0, 0.1) is 5.21 Å². The number of urea groups is 1. The number of hydrogen-bond donors (Lipinski definition) is 2. The quantitative estimate of drug-likeness (QED) is 0.558. The number of piperidine rings is 1. The lowest BCUT2D eigenvalue weighted by atomic mass is 9.99. The summed E-state index contributed by atoms with van der Waals surface area (Å²) in [6, 6.07) is 0.584. The van der Waals surface area contributed by atoms with Gasteiger partial charge in [-0.25, -0.2) is 13.5 Å². The standard InChI is InChI=1S/C24H33FN6O4S/c1-28-10-9-18(25)12-19(28)15-30(20-13-26-29(2)14-20)36(34,35)31(33)24(32)27-23-21-7-3-5-16(21)11-17-6-4-8-22(17)23/h11,13-14,18-19,31H,3-10,12,15H2,1-2H3,(H,27,32). The van der Waals surface area contributed by atoms with Crippen LogP contribution in [-0.2, 0) is 42.9 Å². The number of alkyl halides is 1. The van der Waals surface area contributed by atoms with Gasteiger partial charge in [-0.05, 0) is 80.7 Å². The Morgan fingerprint density at radius 3 is 2.50 bits per heavy atom. The number of nitrogens with one attached hydrogen (secondary N) is 2. The number of likely N-dealkylation sites (N-methyl/N-ethyl adjacent to an activating group) is 1. The first kappa shape index (κ1) is 25.1. The average molecular weight is 521 g/mol. The summed E-state index contributed by atoms with van der Waals surface area (Å²) < 4.78 is 42.1. The van der Waals surface area contributed by atoms with E-state index in [1.807, 2.05) is 4.90 Å². The second-order valence-corrected chi connectivity index (χ2v) is 11.9. The summed E-state index contributed by atoms with van der Waals surface area (Å²) in [7, 11) is -1.32. The number of amides is 2. The van der Waals surface area contributed by atoms with Crippen LogP contribution in [0.25, 0.3) is 0 Å². The molecule has 2 N–H and O–H groups in total. The Balaban J connectivity index is 1.43. The fraction of sp³-hybridized carbons (Fsp3) is 0.583. The second kappa shape index (κ2) is 9.73. The van der Waals surface area contributed by atoms with Crippen LogP contribution in [0.15, 0.2) is 18.5 Å². The molecule has 36 heavy (non-hydrogen) atoms. The van der Waals surface area contributed by atoms with Crippen LogP contribution in [0.2, 0.25) is 0 Å². The van der Waals surface area contributed by atoms with Gasteiger partial charge in [0.05, 0.1) is 24.1 Å². The van der Waals surface area contributed by atoms with Crippen molar-refractivity contribution in [2.24, 2.45) is 7.05 Å². The number of carbonyl (C=O) groups excluding carboxylic acids is 1. The number of likely N-dealkylation sites (tertiary alicyclic amines) is 1. The Morgan fingerprint density at radius 2 is 1.89 bits per heavy atom. The minimum atomic E-state index is -4.75. The molecule has 3 atom stereocenters. The topological polar surface area (TPSA) is 115 Å². The van der Waals surface area contributed by atoms with Crippen LogP contribution >= 0.6 is 0 Å². The van der Waals surface area contributed by atoms with Crippen molar-refractivity contribution in [3.8, 4) is 0 Å². The molecule has 12 heteroatoms. The summed E-state index contributed by atoms with van der Waals surface area (Å²) in [6.45, 7) is 0.325. The third-order valence-electron chi connectivity index (χ3n) is 7.72. The van der Waals surface area contributed by atoms with E-state index in [1.54, 1.807) is 14.1 Å². The van der Waals surface area contributed by atoms with Gasteiger partial charge in [0.15, 0.2) is 0 Å². The minimum absolute atomic E-state index is 0.144. The largest absolute Gasteiger partial charge is 0.608 e. The lowest BCUT2D eigenvalue weighted by Gasteiger charge is -2.37. The molecule has 1 aromatic carbocycles. The van der Waals surface area contributed by atoms with E-state index in [9.17, 15) is 22.8 Å². The fourth-order valence-electron chi connectivity index (χ4n) is 5.75. The molecule has 196 valence electrons. The van der Waals surface area contributed by atoms with E-state index in [4.69, 9.17) is 0 Å². The minimum Gasteiger partial charge on any atom is -0.608 e. The number of fused-ring (bicyclic) bond motifs is 2. The molecule has 1 aromatic heterocycles. The van der Waals surface area contributed by atoms with Gasteiger partial charge in [-0.15, -0.1) is 0 Å². The monoisotopic (exact) mass is 520 g/mol. The zero-order valence-electron chi connectivity index (χ0n) is 20.7. The van der Waals surface area contributed by atoms with Crippen molar-refractivity contribution in [2.75, 3.05) is 29.8 Å². The lowest BCUT2D eigenvalue weighted by Crippen LogP contribution is -3.14. The molecule has 0 spiro atoms. The van der Waals surface area contributed by atoms with Crippen molar-refractivity contribution in [1.82, 2.24) is 14.7 Å². The zero-order chi connectivity index (χ0) is 25.6. The maximum Gasteiger partial charge on any atom is 0.436 e. The Morgan fingerprint density at radius 1 is 1.22 bits per heavy atom. The maximum absolute atomic E-state index is 14.2. The first-order valence-electron chi connectivity index (χ1n) is 12.5. The summed E-state index contributed by atoms with van der Waals surface area (Å²) in [4.78, 5) is 15.0. The number of aromatic nitrogens is 2. The highest BCUT2D eigenvalue weighted by atomic mass is 32.2. The van der Waals surface area contributed by atoms with Gasteiger partial charge in [0.2, 0.25) is 0 Å². The van der Waals surface area contributed by atoms with E-state index >= 15 is 0 Å². The van der Waals surface area contributed by atoms with Crippen LogP contribution in [0.3, 0.4) is 0 Å². The molecule has 2 heterocycles. The van der Waals surface area contributed by atoms with Crippen molar-refractivity contribution >= 4 is 27.6 Å². The lowest BCUT2D eigenvalue weighted by molar-refractivity contribution is -0.604. The second-order valence-electron chi connectivity index (χ2n) is 10.1. The fourth-order valence-corrected chi connectivity index (χ4v) is 6.98. The van der Waals surface area contributed by atoms with Gasteiger partial charge in [-0.1, -0.05) is 6.07 Å². The van der Waals surface area contributed by atoms with Crippen molar-refractivity contribution in [2.45, 2.75) is 63.6 Å². The predicted molar refractivity (Wildman–Crippen MR) is 134 cm³/mol. The van der Waals surface area contributed by atoms with Crippen LogP contribution in [0.4, 0.5) is 20.6 Å². The van der Waals surface area contributed by atoms with E-state index in [1.165, 1.54) is 28.2 Å². The first-order chi connectivity index (χ1) is 17.1. The molecule has 0 saturated carbocycles. The zero-order valence-corrected chi connectivity index (χ0v) is 21.5. The summed E-state index contributed by atoms with van der Waals surface area (Å²) in [5.74, 6) is 0. The number of nitrogens with zero attached hydrogens (tertiary/aromatic N) is 4. The summed E-state index contributed by atoms with van der Waals surface area (Å²) in [6.07, 6.45) is 7.60. The van der Waals surface area contributed by atoms with Crippen molar-refractivity contribution in [3.05, 3.63) is 45.9 Å². The third kappa shape index (κ3) is 4.62. The van der Waals surface area contributed by atoms with Gasteiger partial charge in [-0.3, -0.25) is 10.00 Å². The molecule has 3 aliphatic rings. The molecule has 2 aliphatic carbocycles. The Kier molecular flexibility index (Phi) is 6.79. The average Bonchev–Trinajstić information content (AvgIpc) is 3.59. The molecule has 1 aliphatic heterocycles. The maximum atomic E-state index is 14.2. The highest BCUT2D eigenvalue weighted by Gasteiger charge is 2.39. The molecule has 0 bridgehead atoms. The van der Waals surface area contributed by atoms with Gasteiger partial charge < -0.3 is 10.1 Å². The first-order valence-corrected chi connectivity index (χ1v) is 14.0. The Labute approximate surface area is 210 Å². The smallest absolute Gasteiger partial charge is 0.436 e. The molecule has 10 nitrogen and oxygen atoms in total. The molecule has 1 saturated heterocycles. The molecule has 0 radical (unpaired) electrons. The molecule has 2 aromatic rings. The Bertz CT molecular complexity index is 1230. The van der Waals surface area contributed by atoms with Gasteiger partial charge in [-0.2, -0.15) is 18.0 Å². The Hall–Kier alpha value is -2.54. The van der Waals surface area contributed by atoms with E-state index < -0.39 is 32.9 Å². The van der Waals surface area contributed by atoms with E-state index in [-0.39, 0.29) is 18.7 Å². The molecular formula is C24H33FN6O4S. The highest BCUT2D eigenvalue weighted by molar-refractivity contribution is 7.86. The molecule has 2 amide bonds. The number of benzene rings is 1. The van der Waals surface area contributed by atoms with Crippen LogP contribution in [0.5, 0.6) is 0 Å². The number of aryl methyl sites for hydroxylation is 3. The van der Waals surface area contributed by atoms with Crippen molar-refractivity contribution < 1.29 is 22.1 Å². The number of halogens is 1. The van der Waals surface area contributed by atoms with Crippen LogP contribution in [-0.4, -0.2) is 61.5 Å². The number of hydroxylamine groups is 1. The van der Waals surface area contributed by atoms with Gasteiger partial charge in [0.1, 0.15) is 6.17 Å². The third-order valence-corrected chi connectivity index (χ3v) is 9.32. The van der Waals surface area contributed by atoms with Crippen LogP contribution in [0.1, 0.15) is 47.9 Å². The van der Waals surface area contributed by atoms with Gasteiger partial charge in [0.25, 0.3) is 0 Å². The number of carbonyl (C=O) groups is 1. The van der Waals surface area contributed by atoms with Gasteiger partial charge in [0, 0.05) is 25.8 Å². The summed E-state index contributed by atoms with van der Waals surface area (Å²) in [5, 5.41) is 20.0. The van der Waals surface area contributed by atoms with Crippen molar-refractivity contribution in [1.29, 1.82) is 0 Å². The summed E-state index contributed by atoms with van der Waals surface area (Å²) >= 11 is 0. The predicted octanol–water partition coefficient (Wildman–Crippen LogP) is 1.50. The SMILES string of the molecule is CN1CCC(F)CC1CN(c1cnn(C)c1)S(=O)(=O)[NH+]([O-])C(=O)Nc1c2c(cc3c1CCC3)CCC2. The molecular weight excluding hydrogens is 487 g/mol. The normalized spacial score (nSPS) is 22.8. The molecule has 3 unspecified atom stereocenters. The van der Waals surface area contributed by atoms with Crippen LogP contribution < -0.4 is 14.1 Å². The van der Waals surface area contributed by atoms with E-state index in [0.717, 1.165) is 54.0 Å². The van der Waals surface area contributed by atoms with E-state index in [0.29, 0.717) is 18.7 Å². The number of hydrogen-bond acceptors (Lipinski definition) is 6. The number of quaternary nitrogens is 1. The van der Waals surface area contributed by atoms with Gasteiger partial charge >= 0.3 is 16.2 Å². The number of rotatable bonds is 6. The summed E-state index contributed by atoms with van der Waals surface area (Å²) in [5.41, 5.74) is 5.13. The molecule has 1 fully saturated rings. The molecule has 5 rings (SSSR count). The number of anilines is 2. The highest BCUT2D eigenvalue weighted by Crippen LogP contribution is 2.38.